The molecule has 0 aliphatic rings. The summed E-state index contributed by atoms with van der Waals surface area (Å²) in [7, 11) is 0. The van der Waals surface area contributed by atoms with Gasteiger partial charge in [0.2, 0.25) is 5.91 Å². The minimum Gasteiger partial charge on any atom is -0.451 e. The molecular formula is C19H14Cl2N2O3. The number of benzene rings is 2. The lowest BCUT2D eigenvalue weighted by Gasteiger charge is -2.06. The maximum Gasteiger partial charge on any atom is 0.291 e. The van der Waals surface area contributed by atoms with Crippen LogP contribution in [0.2, 0.25) is 10.0 Å². The lowest BCUT2D eigenvalue weighted by Crippen LogP contribution is -2.11. The molecule has 5 nitrogen and oxygen atoms in total. The van der Waals surface area contributed by atoms with E-state index in [9.17, 15) is 9.59 Å². The van der Waals surface area contributed by atoms with Crippen LogP contribution in [0.15, 0.2) is 59.0 Å². The van der Waals surface area contributed by atoms with Crippen molar-refractivity contribution in [1.29, 1.82) is 0 Å². The normalized spacial score (nSPS) is 10.4. The van der Waals surface area contributed by atoms with E-state index < -0.39 is 5.91 Å². The first-order chi connectivity index (χ1) is 12.4. The zero-order valence-corrected chi connectivity index (χ0v) is 15.2. The third kappa shape index (κ3) is 4.25. The quantitative estimate of drug-likeness (QED) is 0.622. The summed E-state index contributed by atoms with van der Waals surface area (Å²) in [6.45, 7) is 1.43. The highest BCUT2D eigenvalue weighted by atomic mass is 35.5. The molecule has 2 amide bonds. The summed E-state index contributed by atoms with van der Waals surface area (Å²) in [5, 5.41) is 6.38. The lowest BCUT2D eigenvalue weighted by molar-refractivity contribution is -0.114. The second kappa shape index (κ2) is 7.64. The molecule has 132 valence electrons. The van der Waals surface area contributed by atoms with Crippen LogP contribution in [0.5, 0.6) is 0 Å². The second-order valence-electron chi connectivity index (χ2n) is 5.50. The summed E-state index contributed by atoms with van der Waals surface area (Å²) in [6.07, 6.45) is 0. The number of halogens is 2. The van der Waals surface area contributed by atoms with Crippen LogP contribution in [-0.2, 0) is 4.79 Å². The summed E-state index contributed by atoms with van der Waals surface area (Å²) in [5.74, 6) is 0.0249. The van der Waals surface area contributed by atoms with Crippen LogP contribution in [-0.4, -0.2) is 11.8 Å². The van der Waals surface area contributed by atoms with Crippen LogP contribution in [0.4, 0.5) is 11.4 Å². The number of furan rings is 1. The highest BCUT2D eigenvalue weighted by Gasteiger charge is 2.14. The van der Waals surface area contributed by atoms with Crippen molar-refractivity contribution in [3.63, 3.8) is 0 Å². The summed E-state index contributed by atoms with van der Waals surface area (Å²) in [4.78, 5) is 23.4. The van der Waals surface area contributed by atoms with E-state index >= 15 is 0 Å². The van der Waals surface area contributed by atoms with Crippen LogP contribution >= 0.6 is 23.2 Å². The highest BCUT2D eigenvalue weighted by molar-refractivity contribution is 6.35. The molecule has 0 fully saturated rings. The Kier molecular flexibility index (Phi) is 5.30. The molecule has 0 bridgehead atoms. The molecule has 0 saturated carbocycles. The number of hydrogen-bond donors (Lipinski definition) is 2. The highest BCUT2D eigenvalue weighted by Crippen LogP contribution is 2.32. The van der Waals surface area contributed by atoms with E-state index in [0.29, 0.717) is 32.7 Å². The van der Waals surface area contributed by atoms with E-state index in [-0.39, 0.29) is 11.7 Å². The molecule has 7 heteroatoms. The topological polar surface area (TPSA) is 71.3 Å². The van der Waals surface area contributed by atoms with E-state index in [1.54, 1.807) is 54.6 Å². The molecule has 3 rings (SSSR count). The monoisotopic (exact) mass is 388 g/mol. The van der Waals surface area contributed by atoms with Gasteiger partial charge < -0.3 is 15.1 Å². The van der Waals surface area contributed by atoms with Crippen molar-refractivity contribution in [3.05, 3.63) is 70.4 Å². The van der Waals surface area contributed by atoms with Gasteiger partial charge in [-0.05, 0) is 54.6 Å². The predicted octanol–water partition coefficient (Wildman–Crippen LogP) is 5.46. The molecule has 0 aliphatic heterocycles. The Morgan fingerprint density at radius 2 is 1.54 bits per heavy atom. The largest absolute Gasteiger partial charge is 0.451 e. The fourth-order valence-electron chi connectivity index (χ4n) is 2.32. The average Bonchev–Trinajstić information content (AvgIpc) is 3.08. The van der Waals surface area contributed by atoms with Gasteiger partial charge in [0.15, 0.2) is 5.76 Å². The maximum atomic E-state index is 12.3. The molecule has 0 spiro atoms. The standard InChI is InChI=1S/C19H14Cl2N2O3/c1-11(24)22-13-3-5-14(6-4-13)23-19(25)18-9-8-17(26-18)15-10-12(20)2-7-16(15)21/h2-10H,1H3,(H,22,24)(H,23,25). The van der Waals surface area contributed by atoms with Gasteiger partial charge in [0, 0.05) is 28.9 Å². The summed E-state index contributed by atoms with van der Waals surface area (Å²) >= 11 is 12.1. The molecule has 1 aromatic heterocycles. The van der Waals surface area contributed by atoms with E-state index in [1.165, 1.54) is 6.92 Å². The van der Waals surface area contributed by atoms with E-state index in [4.69, 9.17) is 27.6 Å². The van der Waals surface area contributed by atoms with Gasteiger partial charge in [0.25, 0.3) is 5.91 Å². The van der Waals surface area contributed by atoms with E-state index in [2.05, 4.69) is 10.6 Å². The summed E-state index contributed by atoms with van der Waals surface area (Å²) < 4.78 is 5.60. The second-order valence-corrected chi connectivity index (χ2v) is 6.34. The van der Waals surface area contributed by atoms with Gasteiger partial charge in [0.05, 0.1) is 5.02 Å². The molecule has 0 atom stereocenters. The van der Waals surface area contributed by atoms with Crippen molar-refractivity contribution in [2.24, 2.45) is 0 Å². The van der Waals surface area contributed by atoms with Crippen LogP contribution in [0, 0.1) is 0 Å². The smallest absolute Gasteiger partial charge is 0.291 e. The van der Waals surface area contributed by atoms with Gasteiger partial charge in [-0.15, -0.1) is 0 Å². The van der Waals surface area contributed by atoms with Crippen LogP contribution in [0.25, 0.3) is 11.3 Å². The van der Waals surface area contributed by atoms with Gasteiger partial charge in [-0.25, -0.2) is 0 Å². The molecule has 2 aromatic carbocycles. The number of carbonyl (C=O) groups excluding carboxylic acids is 2. The molecule has 0 radical (unpaired) electrons. The van der Waals surface area contributed by atoms with Crippen molar-refractivity contribution >= 4 is 46.4 Å². The average molecular weight is 389 g/mol. The molecule has 0 aliphatic carbocycles. The number of rotatable bonds is 4. The van der Waals surface area contributed by atoms with Crippen molar-refractivity contribution in [2.75, 3.05) is 10.6 Å². The zero-order chi connectivity index (χ0) is 18.7. The van der Waals surface area contributed by atoms with Gasteiger partial charge >= 0.3 is 0 Å². The third-order valence-electron chi connectivity index (χ3n) is 3.49. The Labute approximate surface area is 159 Å². The van der Waals surface area contributed by atoms with Crippen LogP contribution < -0.4 is 10.6 Å². The van der Waals surface area contributed by atoms with Gasteiger partial charge in [0.1, 0.15) is 5.76 Å². The third-order valence-corrected chi connectivity index (χ3v) is 4.05. The van der Waals surface area contributed by atoms with Gasteiger partial charge in [-0.3, -0.25) is 9.59 Å². The maximum absolute atomic E-state index is 12.3. The first-order valence-electron chi connectivity index (χ1n) is 7.66. The van der Waals surface area contributed by atoms with Gasteiger partial charge in [-0.2, -0.15) is 0 Å². The zero-order valence-electron chi connectivity index (χ0n) is 13.7. The number of amides is 2. The molecule has 2 N–H and O–H groups in total. The SMILES string of the molecule is CC(=O)Nc1ccc(NC(=O)c2ccc(-c3cc(Cl)ccc3Cl)o2)cc1. The van der Waals surface area contributed by atoms with E-state index in [0.717, 1.165) is 0 Å². The number of hydrogen-bond acceptors (Lipinski definition) is 3. The Morgan fingerprint density at radius 3 is 2.19 bits per heavy atom. The Bertz CT molecular complexity index is 965. The van der Waals surface area contributed by atoms with Crippen molar-refractivity contribution in [2.45, 2.75) is 6.92 Å². The number of anilines is 2. The van der Waals surface area contributed by atoms with Crippen molar-refractivity contribution in [1.82, 2.24) is 0 Å². The Hall–Kier alpha value is -2.76. The molecule has 1 heterocycles. The fourth-order valence-corrected chi connectivity index (χ4v) is 2.71. The summed E-state index contributed by atoms with van der Waals surface area (Å²) in [6, 6.07) is 15.0. The number of nitrogens with one attached hydrogen (secondary N) is 2. The molecule has 0 saturated heterocycles. The van der Waals surface area contributed by atoms with Gasteiger partial charge in [-0.1, -0.05) is 23.2 Å². The predicted molar refractivity (Wildman–Crippen MR) is 103 cm³/mol. The van der Waals surface area contributed by atoms with Crippen LogP contribution in [0.1, 0.15) is 17.5 Å². The van der Waals surface area contributed by atoms with Crippen molar-refractivity contribution < 1.29 is 14.0 Å². The summed E-state index contributed by atoms with van der Waals surface area (Å²) in [5.41, 5.74) is 1.83. The number of carbonyl (C=O) groups is 2. The minimum absolute atomic E-state index is 0.141. The fraction of sp³-hybridized carbons (Fsp3) is 0.0526. The Morgan fingerprint density at radius 1 is 0.885 bits per heavy atom. The molecule has 3 aromatic rings. The van der Waals surface area contributed by atoms with Crippen molar-refractivity contribution in [3.8, 4) is 11.3 Å². The van der Waals surface area contributed by atoms with Crippen LogP contribution in [0.3, 0.4) is 0 Å². The lowest BCUT2D eigenvalue weighted by atomic mass is 10.2. The van der Waals surface area contributed by atoms with E-state index in [1.807, 2.05) is 0 Å². The molecule has 26 heavy (non-hydrogen) atoms. The Balaban J connectivity index is 1.74. The first kappa shape index (κ1) is 18.0. The molecule has 0 unspecified atom stereocenters. The first-order valence-corrected chi connectivity index (χ1v) is 8.42. The molecular weight excluding hydrogens is 375 g/mol. The minimum atomic E-state index is -0.401.